The maximum absolute atomic E-state index is 6.01. The molecule has 35 heavy (non-hydrogen) atoms. The fourth-order valence-electron chi connectivity index (χ4n) is 3.94. The Kier molecular flexibility index (Phi) is 5.01. The Morgan fingerprint density at radius 3 is 2.77 bits per heavy atom. The number of pyridine rings is 1. The molecule has 6 heterocycles. The van der Waals surface area contributed by atoms with Gasteiger partial charge >= 0.3 is 6.01 Å². The molecule has 0 aromatic carbocycles. The van der Waals surface area contributed by atoms with Gasteiger partial charge < -0.3 is 23.3 Å². The quantitative estimate of drug-likeness (QED) is 0.355. The van der Waals surface area contributed by atoms with E-state index in [-0.39, 0.29) is 6.61 Å². The van der Waals surface area contributed by atoms with Gasteiger partial charge in [-0.05, 0) is 18.6 Å². The minimum absolute atomic E-state index is 0.218. The molecular formula is C22H21N9O4. The van der Waals surface area contributed by atoms with Crippen LogP contribution >= 0.6 is 0 Å². The van der Waals surface area contributed by atoms with Crippen molar-refractivity contribution in [3.05, 3.63) is 52.9 Å². The van der Waals surface area contributed by atoms with E-state index in [1.807, 2.05) is 6.07 Å². The van der Waals surface area contributed by atoms with Gasteiger partial charge in [0.2, 0.25) is 11.7 Å². The Balaban J connectivity index is 1.22. The van der Waals surface area contributed by atoms with Crippen LogP contribution in [-0.4, -0.2) is 53.8 Å². The van der Waals surface area contributed by atoms with Gasteiger partial charge in [0, 0.05) is 44.3 Å². The van der Waals surface area contributed by atoms with Gasteiger partial charge in [-0.1, -0.05) is 16.3 Å². The molecule has 178 valence electrons. The molecule has 0 bridgehead atoms. The van der Waals surface area contributed by atoms with Crippen LogP contribution in [-0.2, 0) is 19.6 Å². The van der Waals surface area contributed by atoms with Crippen LogP contribution in [0.3, 0.4) is 0 Å². The number of methoxy groups -OCH3 is 1. The average Bonchev–Trinajstić information content (AvgIpc) is 3.61. The van der Waals surface area contributed by atoms with E-state index in [9.17, 15) is 0 Å². The monoisotopic (exact) mass is 475 g/mol. The number of rotatable bonds is 6. The lowest BCUT2D eigenvalue weighted by molar-refractivity contribution is 0.264. The van der Waals surface area contributed by atoms with Gasteiger partial charge in [-0.3, -0.25) is 4.98 Å². The number of nitrogens with zero attached hydrogens (tertiary/aromatic N) is 9. The van der Waals surface area contributed by atoms with Crippen molar-refractivity contribution in [3.8, 4) is 23.1 Å². The molecule has 0 saturated carbocycles. The normalized spacial score (nSPS) is 13.3. The Hall–Kier alpha value is -4.55. The van der Waals surface area contributed by atoms with E-state index < -0.39 is 0 Å². The highest BCUT2D eigenvalue weighted by atomic mass is 16.5. The second-order valence-electron chi connectivity index (χ2n) is 8.11. The lowest BCUT2D eigenvalue weighted by atomic mass is 10.1. The summed E-state index contributed by atoms with van der Waals surface area (Å²) in [4.78, 5) is 6.85. The number of aryl methyl sites for hydroxylation is 2. The van der Waals surface area contributed by atoms with Crippen LogP contribution in [0.5, 0.6) is 11.6 Å². The first-order chi connectivity index (χ1) is 17.1. The van der Waals surface area contributed by atoms with E-state index in [1.54, 1.807) is 37.6 Å². The van der Waals surface area contributed by atoms with Crippen molar-refractivity contribution in [1.29, 1.82) is 0 Å². The van der Waals surface area contributed by atoms with Crippen LogP contribution in [0.2, 0.25) is 0 Å². The highest BCUT2D eigenvalue weighted by molar-refractivity contribution is 5.56. The molecule has 5 aromatic heterocycles. The van der Waals surface area contributed by atoms with E-state index in [2.05, 4.69) is 41.6 Å². The van der Waals surface area contributed by atoms with Crippen LogP contribution in [0.1, 0.15) is 28.6 Å². The minimum atomic E-state index is 0.218. The molecule has 0 N–H and O–H groups in total. The molecule has 0 radical (unpaired) electrons. The molecule has 6 rings (SSSR count). The van der Waals surface area contributed by atoms with Gasteiger partial charge in [0.25, 0.3) is 5.88 Å². The number of fused-ring (bicyclic) bond motifs is 2. The van der Waals surface area contributed by atoms with Crippen molar-refractivity contribution in [2.75, 3.05) is 18.6 Å². The smallest absolute Gasteiger partial charge is 0.318 e. The molecule has 0 saturated heterocycles. The summed E-state index contributed by atoms with van der Waals surface area (Å²) in [6.45, 7) is 5.21. The lowest BCUT2D eigenvalue weighted by Crippen LogP contribution is -2.31. The number of anilines is 1. The minimum Gasteiger partial charge on any atom is -0.491 e. The topological polar surface area (TPSA) is 143 Å². The van der Waals surface area contributed by atoms with E-state index in [0.29, 0.717) is 53.0 Å². The molecule has 0 aliphatic carbocycles. The maximum atomic E-state index is 6.01. The predicted molar refractivity (Wildman–Crippen MR) is 120 cm³/mol. The van der Waals surface area contributed by atoms with Gasteiger partial charge in [0.1, 0.15) is 12.4 Å². The first kappa shape index (κ1) is 21.0. The van der Waals surface area contributed by atoms with E-state index in [1.165, 1.54) is 0 Å². The van der Waals surface area contributed by atoms with Crippen molar-refractivity contribution in [3.63, 3.8) is 0 Å². The third-order valence-corrected chi connectivity index (χ3v) is 5.65. The Bertz CT molecular complexity index is 1520. The molecule has 0 atom stereocenters. The first-order valence-electron chi connectivity index (χ1n) is 11.0. The summed E-state index contributed by atoms with van der Waals surface area (Å²) in [6, 6.07) is 7.99. The van der Waals surface area contributed by atoms with Crippen molar-refractivity contribution >= 4 is 11.7 Å². The van der Waals surface area contributed by atoms with E-state index >= 15 is 0 Å². The molecule has 5 aromatic rings. The largest absolute Gasteiger partial charge is 0.491 e. The third-order valence-electron chi connectivity index (χ3n) is 5.65. The van der Waals surface area contributed by atoms with Gasteiger partial charge in [-0.15, -0.1) is 20.4 Å². The van der Waals surface area contributed by atoms with Crippen LogP contribution in [0, 0.1) is 13.8 Å². The standard InChI is InChI=1S/C22H21N9O4/c1-12-8-17(29-35-12)20-26-25-19-9-18(32-3)21(28-31(19)20)33-11-15-5-4-14-10-30(7-6-16(14)23-15)22-27-24-13(2)34-22/h4-5,8-9H,6-7,10-11H2,1-3H3. The summed E-state index contributed by atoms with van der Waals surface area (Å²) in [6.07, 6.45) is 0.763. The maximum Gasteiger partial charge on any atom is 0.318 e. The zero-order chi connectivity index (χ0) is 23.9. The highest BCUT2D eigenvalue weighted by Gasteiger charge is 2.22. The Labute approximate surface area is 198 Å². The summed E-state index contributed by atoms with van der Waals surface area (Å²) in [7, 11) is 1.55. The second kappa shape index (κ2) is 8.34. The molecule has 13 heteroatoms. The number of aromatic nitrogens is 8. The van der Waals surface area contributed by atoms with Crippen molar-refractivity contribution < 1.29 is 18.4 Å². The third kappa shape index (κ3) is 3.90. The van der Waals surface area contributed by atoms with Crippen molar-refractivity contribution in [2.24, 2.45) is 0 Å². The lowest BCUT2D eigenvalue weighted by Gasteiger charge is -2.26. The molecular weight excluding hydrogens is 454 g/mol. The summed E-state index contributed by atoms with van der Waals surface area (Å²) in [5.41, 5.74) is 3.95. The van der Waals surface area contributed by atoms with Crippen LogP contribution < -0.4 is 14.4 Å². The average molecular weight is 475 g/mol. The van der Waals surface area contributed by atoms with Gasteiger partial charge in [-0.25, -0.2) is 0 Å². The van der Waals surface area contributed by atoms with Crippen LogP contribution in [0.15, 0.2) is 33.2 Å². The van der Waals surface area contributed by atoms with Crippen molar-refractivity contribution in [1.82, 2.24) is 40.1 Å². The zero-order valence-electron chi connectivity index (χ0n) is 19.3. The molecule has 0 amide bonds. The SMILES string of the molecule is COc1cc2nnc(-c3cc(C)on3)n2nc1OCc1ccc2c(n1)CCN(c1nnc(C)o1)C2. The number of ether oxygens (including phenoxy) is 2. The van der Waals surface area contributed by atoms with E-state index in [4.69, 9.17) is 23.4 Å². The van der Waals surface area contributed by atoms with Crippen molar-refractivity contribution in [2.45, 2.75) is 33.4 Å². The van der Waals surface area contributed by atoms with Gasteiger partial charge in [-0.2, -0.15) is 4.52 Å². The van der Waals surface area contributed by atoms with Crippen LogP contribution in [0.25, 0.3) is 17.2 Å². The molecule has 1 aliphatic rings. The second-order valence-corrected chi connectivity index (χ2v) is 8.11. The van der Waals surface area contributed by atoms with Gasteiger partial charge in [0.05, 0.1) is 12.8 Å². The number of hydrogen-bond donors (Lipinski definition) is 0. The summed E-state index contributed by atoms with van der Waals surface area (Å²) < 4.78 is 23.7. The summed E-state index contributed by atoms with van der Waals surface area (Å²) in [5.74, 6) is 2.39. The van der Waals surface area contributed by atoms with Gasteiger partial charge in [0.15, 0.2) is 17.1 Å². The molecule has 13 nitrogen and oxygen atoms in total. The summed E-state index contributed by atoms with van der Waals surface area (Å²) >= 11 is 0. The number of hydrogen-bond acceptors (Lipinski definition) is 12. The highest BCUT2D eigenvalue weighted by Crippen LogP contribution is 2.28. The Morgan fingerprint density at radius 1 is 1.09 bits per heavy atom. The molecule has 0 spiro atoms. The Morgan fingerprint density at radius 2 is 2.00 bits per heavy atom. The zero-order valence-corrected chi connectivity index (χ0v) is 19.3. The predicted octanol–water partition coefficient (Wildman–Crippen LogP) is 2.32. The molecule has 0 fully saturated rings. The fourth-order valence-corrected chi connectivity index (χ4v) is 3.94. The first-order valence-corrected chi connectivity index (χ1v) is 11.0. The van der Waals surface area contributed by atoms with Crippen LogP contribution in [0.4, 0.5) is 6.01 Å². The van der Waals surface area contributed by atoms with E-state index in [0.717, 1.165) is 29.9 Å². The fraction of sp³-hybridized carbons (Fsp3) is 0.318. The molecule has 1 aliphatic heterocycles. The molecule has 0 unspecified atom stereocenters. The summed E-state index contributed by atoms with van der Waals surface area (Å²) in [5, 5.41) is 24.9.